The molecule has 2 aromatic rings. The number of amides is 2. The van der Waals surface area contributed by atoms with Crippen molar-refractivity contribution in [3.8, 4) is 11.6 Å². The summed E-state index contributed by atoms with van der Waals surface area (Å²) in [5, 5.41) is 27.2. The lowest BCUT2D eigenvalue weighted by Crippen LogP contribution is -2.28. The van der Waals surface area contributed by atoms with E-state index < -0.39 is 27.4 Å². The van der Waals surface area contributed by atoms with Crippen molar-refractivity contribution in [2.24, 2.45) is 28.8 Å². The molecule has 2 aliphatic carbocycles. The molecule has 1 aliphatic heterocycles. The van der Waals surface area contributed by atoms with E-state index in [0.29, 0.717) is 0 Å². The minimum Gasteiger partial charge on any atom is -0.431 e. The number of hydrogen-bond acceptors (Lipinski definition) is 9. The highest BCUT2D eigenvalue weighted by Crippen LogP contribution is 2.52. The summed E-state index contributed by atoms with van der Waals surface area (Å²) in [7, 11) is 0. The number of allylic oxidation sites excluding steroid dienone is 2. The maximum atomic E-state index is 12.8. The maximum Gasteiger partial charge on any atom is 0.312 e. The number of hydrogen-bond donors (Lipinski definition) is 0. The lowest BCUT2D eigenvalue weighted by molar-refractivity contribution is -0.385. The Labute approximate surface area is 185 Å². The molecule has 0 radical (unpaired) electrons. The fraction of sp³-hybridized carbons (Fsp3) is 0.238. The molecule has 4 atom stereocenters. The van der Waals surface area contributed by atoms with Crippen LogP contribution in [0.1, 0.15) is 12.0 Å². The molecule has 1 aromatic carbocycles. The zero-order valence-electron chi connectivity index (χ0n) is 16.8. The monoisotopic (exact) mass is 449 g/mol. The molecule has 12 nitrogen and oxygen atoms in total. The smallest absolute Gasteiger partial charge is 0.312 e. The number of fused-ring (bicyclic) bond motifs is 5. The number of nitrogens with zero attached hydrogens (tertiary/aromatic N) is 5. The highest BCUT2D eigenvalue weighted by Gasteiger charge is 2.59. The van der Waals surface area contributed by atoms with Crippen LogP contribution in [0.2, 0.25) is 0 Å². The van der Waals surface area contributed by atoms with Gasteiger partial charge in [0.2, 0.25) is 11.6 Å². The van der Waals surface area contributed by atoms with Crippen molar-refractivity contribution in [3.05, 3.63) is 74.5 Å². The van der Waals surface area contributed by atoms with Crippen LogP contribution in [-0.2, 0) is 9.59 Å². The summed E-state index contributed by atoms with van der Waals surface area (Å²) in [5.74, 6) is -1.90. The van der Waals surface area contributed by atoms with Crippen LogP contribution in [0.5, 0.6) is 11.6 Å². The zero-order chi connectivity index (χ0) is 23.3. The fourth-order valence-corrected chi connectivity index (χ4v) is 4.66. The van der Waals surface area contributed by atoms with Crippen LogP contribution in [-0.4, -0.2) is 37.9 Å². The molecule has 2 heterocycles. The predicted octanol–water partition coefficient (Wildman–Crippen LogP) is 2.83. The Morgan fingerprint density at radius 1 is 1.03 bits per heavy atom. The highest BCUT2D eigenvalue weighted by molar-refractivity contribution is 6.07. The molecular weight excluding hydrogens is 434 g/mol. The topological polar surface area (TPSA) is 158 Å². The molecule has 0 spiro atoms. The van der Waals surface area contributed by atoms with Crippen molar-refractivity contribution >= 4 is 29.4 Å². The number of carbonyl (C=O) groups is 2. The molecule has 1 saturated heterocycles. The number of benzene rings is 1. The van der Waals surface area contributed by atoms with Crippen molar-refractivity contribution in [3.63, 3.8) is 0 Å². The second-order valence-corrected chi connectivity index (χ2v) is 7.90. The summed E-state index contributed by atoms with van der Waals surface area (Å²) in [6, 6.07) is 6.43. The predicted molar refractivity (Wildman–Crippen MR) is 111 cm³/mol. The SMILES string of the molecule is O=C1C2C3C=CC(C3)C2C(=O)N1N=Cc1cccc([N+](=O)[O-])c1Oc1ccc([N+](=O)[O-])cn1. The second-order valence-electron chi connectivity index (χ2n) is 7.90. The van der Waals surface area contributed by atoms with Gasteiger partial charge in [0.15, 0.2) is 0 Å². The fourth-order valence-electron chi connectivity index (χ4n) is 4.66. The van der Waals surface area contributed by atoms with Crippen LogP contribution in [0.15, 0.2) is 53.8 Å². The number of hydrazone groups is 1. The molecule has 2 bridgehead atoms. The third-order valence-corrected chi connectivity index (χ3v) is 6.12. The summed E-state index contributed by atoms with van der Waals surface area (Å²) >= 11 is 0. The van der Waals surface area contributed by atoms with Gasteiger partial charge in [0.1, 0.15) is 6.20 Å². The van der Waals surface area contributed by atoms with Gasteiger partial charge in [-0.2, -0.15) is 10.1 Å². The lowest BCUT2D eigenvalue weighted by Gasteiger charge is -2.13. The van der Waals surface area contributed by atoms with Gasteiger partial charge in [-0.25, -0.2) is 4.98 Å². The van der Waals surface area contributed by atoms with E-state index in [-0.39, 0.29) is 46.5 Å². The number of nitro groups is 2. The Bertz CT molecular complexity index is 1230. The summed E-state index contributed by atoms with van der Waals surface area (Å²) in [4.78, 5) is 50.4. The summed E-state index contributed by atoms with van der Waals surface area (Å²) in [5.41, 5.74) is -0.549. The van der Waals surface area contributed by atoms with Crippen LogP contribution in [0, 0.1) is 43.9 Å². The van der Waals surface area contributed by atoms with Crippen molar-refractivity contribution in [2.45, 2.75) is 6.42 Å². The van der Waals surface area contributed by atoms with Gasteiger partial charge in [-0.3, -0.25) is 29.8 Å². The second kappa shape index (κ2) is 7.58. The molecule has 166 valence electrons. The van der Waals surface area contributed by atoms with Crippen LogP contribution in [0.25, 0.3) is 0 Å². The molecule has 1 saturated carbocycles. The molecule has 2 amide bonds. The standard InChI is InChI=1S/C21H15N5O7/c27-20-17-11-4-5-12(8-11)18(17)21(28)24(20)23-9-13-2-1-3-15(26(31)32)19(13)33-16-7-6-14(10-22-16)25(29)30/h1-7,9-12,17-18H,8H2. The average molecular weight is 449 g/mol. The molecular formula is C21H15N5O7. The van der Waals surface area contributed by atoms with Gasteiger partial charge in [0.05, 0.1) is 27.9 Å². The summed E-state index contributed by atoms with van der Waals surface area (Å²) < 4.78 is 5.56. The first kappa shape index (κ1) is 20.4. The first-order valence-corrected chi connectivity index (χ1v) is 10.0. The molecule has 4 unspecified atom stereocenters. The van der Waals surface area contributed by atoms with Gasteiger partial charge in [-0.05, 0) is 24.3 Å². The molecule has 3 aliphatic rings. The number of rotatable bonds is 6. The highest BCUT2D eigenvalue weighted by atomic mass is 16.6. The van der Waals surface area contributed by atoms with E-state index >= 15 is 0 Å². The van der Waals surface area contributed by atoms with Crippen LogP contribution >= 0.6 is 0 Å². The Hall–Kier alpha value is -4.48. The van der Waals surface area contributed by atoms with Gasteiger partial charge in [-0.15, -0.1) is 0 Å². The van der Waals surface area contributed by atoms with Crippen molar-refractivity contribution in [1.82, 2.24) is 9.99 Å². The van der Waals surface area contributed by atoms with Gasteiger partial charge in [0, 0.05) is 23.8 Å². The molecule has 1 aromatic heterocycles. The summed E-state index contributed by atoms with van der Waals surface area (Å²) in [6.45, 7) is 0. The third-order valence-electron chi connectivity index (χ3n) is 6.12. The lowest BCUT2D eigenvalue weighted by atomic mass is 9.85. The van der Waals surface area contributed by atoms with Crippen molar-refractivity contribution in [1.29, 1.82) is 0 Å². The number of carbonyl (C=O) groups excluding carboxylic acids is 2. The quantitative estimate of drug-likeness (QED) is 0.214. The van der Waals surface area contributed by atoms with Crippen molar-refractivity contribution in [2.75, 3.05) is 0 Å². The zero-order valence-corrected chi connectivity index (χ0v) is 16.8. The first-order valence-electron chi connectivity index (χ1n) is 10.0. The number of nitro benzene ring substituents is 1. The molecule has 12 heteroatoms. The van der Waals surface area contributed by atoms with Gasteiger partial charge in [-0.1, -0.05) is 18.2 Å². The number of aromatic nitrogens is 1. The maximum absolute atomic E-state index is 12.8. The number of imide groups is 1. The third kappa shape index (κ3) is 3.32. The Morgan fingerprint density at radius 2 is 1.73 bits per heavy atom. The molecule has 5 rings (SSSR count). The van der Waals surface area contributed by atoms with Crippen LogP contribution in [0.4, 0.5) is 11.4 Å². The van der Waals surface area contributed by atoms with E-state index in [1.54, 1.807) is 0 Å². The van der Waals surface area contributed by atoms with E-state index in [1.165, 1.54) is 24.3 Å². The number of para-hydroxylation sites is 1. The van der Waals surface area contributed by atoms with Crippen LogP contribution < -0.4 is 4.74 Å². The first-order chi connectivity index (χ1) is 15.8. The molecule has 33 heavy (non-hydrogen) atoms. The molecule has 2 fully saturated rings. The van der Waals surface area contributed by atoms with Crippen LogP contribution in [0.3, 0.4) is 0 Å². The van der Waals surface area contributed by atoms with Crippen molar-refractivity contribution < 1.29 is 24.2 Å². The van der Waals surface area contributed by atoms with E-state index in [0.717, 1.165) is 29.9 Å². The van der Waals surface area contributed by atoms with E-state index in [4.69, 9.17) is 4.74 Å². The normalized spacial score (nSPS) is 25.2. The summed E-state index contributed by atoms with van der Waals surface area (Å²) in [6.07, 6.45) is 6.83. The average Bonchev–Trinajstić information content (AvgIpc) is 3.47. The number of ether oxygens (including phenoxy) is 1. The minimum atomic E-state index is -0.669. The minimum absolute atomic E-state index is 0.0292. The van der Waals surface area contributed by atoms with E-state index in [2.05, 4.69) is 10.1 Å². The van der Waals surface area contributed by atoms with Gasteiger partial charge < -0.3 is 4.74 Å². The van der Waals surface area contributed by atoms with Gasteiger partial charge in [0.25, 0.3) is 17.5 Å². The van der Waals surface area contributed by atoms with Gasteiger partial charge >= 0.3 is 5.69 Å². The number of pyridine rings is 1. The Balaban J connectivity index is 1.45. The molecule has 0 N–H and O–H groups in total. The largest absolute Gasteiger partial charge is 0.431 e. The Morgan fingerprint density at radius 3 is 2.30 bits per heavy atom. The van der Waals surface area contributed by atoms with E-state index in [9.17, 15) is 29.8 Å². The van der Waals surface area contributed by atoms with E-state index in [1.807, 2.05) is 12.2 Å². The Kier molecular flexibility index (Phi) is 4.69.